The highest BCUT2D eigenvalue weighted by atomic mass is 19.1. The predicted octanol–water partition coefficient (Wildman–Crippen LogP) is 5.37. The average Bonchev–Trinajstić information content (AvgIpc) is 2.98. The summed E-state index contributed by atoms with van der Waals surface area (Å²) in [6, 6.07) is 14.3. The fraction of sp³-hybridized carbons (Fsp3) is 0.364. The number of carbonyl (C=O) groups excluding carboxylic acids is 2. The Balaban J connectivity index is 0.00000117. The van der Waals surface area contributed by atoms with E-state index in [1.165, 1.54) is 18.9 Å². The Morgan fingerprint density at radius 3 is 2.27 bits per heavy atom. The van der Waals surface area contributed by atoms with Crippen LogP contribution in [0.15, 0.2) is 48.5 Å². The summed E-state index contributed by atoms with van der Waals surface area (Å²) >= 11 is 0. The SMILES string of the molecule is C=O.O=C(c1ccc(OCc2ccccc2)cc1F)C1CCCCCC1. The Labute approximate surface area is 154 Å². The van der Waals surface area contributed by atoms with Gasteiger partial charge < -0.3 is 9.53 Å². The number of halogens is 1. The van der Waals surface area contributed by atoms with Crippen LogP contribution in [0.3, 0.4) is 0 Å². The fourth-order valence-electron chi connectivity index (χ4n) is 3.29. The van der Waals surface area contributed by atoms with Gasteiger partial charge in [0, 0.05) is 12.0 Å². The molecule has 0 spiro atoms. The van der Waals surface area contributed by atoms with Crippen LogP contribution in [0.5, 0.6) is 5.75 Å². The lowest BCUT2D eigenvalue weighted by Gasteiger charge is -2.14. The molecule has 0 N–H and O–H groups in total. The largest absolute Gasteiger partial charge is 0.489 e. The van der Waals surface area contributed by atoms with Crippen molar-refractivity contribution in [2.45, 2.75) is 45.1 Å². The molecule has 0 amide bonds. The van der Waals surface area contributed by atoms with Crippen molar-refractivity contribution in [2.24, 2.45) is 5.92 Å². The molecule has 0 aromatic heterocycles. The smallest absolute Gasteiger partial charge is 0.168 e. The number of hydrogen-bond donors (Lipinski definition) is 0. The van der Waals surface area contributed by atoms with E-state index in [0.717, 1.165) is 31.2 Å². The minimum Gasteiger partial charge on any atom is -0.489 e. The molecule has 2 aromatic carbocycles. The molecular formula is C22H25FO3. The van der Waals surface area contributed by atoms with Gasteiger partial charge in [-0.25, -0.2) is 4.39 Å². The normalized spacial score (nSPS) is 14.7. The van der Waals surface area contributed by atoms with Crippen LogP contribution in [0.2, 0.25) is 0 Å². The first-order valence-corrected chi connectivity index (χ1v) is 9.03. The third kappa shape index (κ3) is 5.51. The summed E-state index contributed by atoms with van der Waals surface area (Å²) in [7, 11) is 0. The van der Waals surface area contributed by atoms with E-state index in [1.807, 2.05) is 37.1 Å². The zero-order valence-corrected chi connectivity index (χ0v) is 15.0. The number of carbonyl (C=O) groups is 2. The number of rotatable bonds is 5. The van der Waals surface area contributed by atoms with Gasteiger partial charge in [0.05, 0.1) is 5.56 Å². The van der Waals surface area contributed by atoms with Gasteiger partial charge in [-0.1, -0.05) is 56.0 Å². The van der Waals surface area contributed by atoms with E-state index < -0.39 is 5.82 Å². The summed E-state index contributed by atoms with van der Waals surface area (Å²) in [5.41, 5.74) is 1.23. The molecule has 1 aliphatic carbocycles. The summed E-state index contributed by atoms with van der Waals surface area (Å²) in [4.78, 5) is 20.6. The van der Waals surface area contributed by atoms with Crippen molar-refractivity contribution < 1.29 is 18.7 Å². The van der Waals surface area contributed by atoms with Crippen LogP contribution in [-0.2, 0) is 11.4 Å². The first kappa shape index (κ1) is 19.8. The molecule has 0 saturated heterocycles. The predicted molar refractivity (Wildman–Crippen MR) is 99.8 cm³/mol. The minimum absolute atomic E-state index is 0.0295. The standard InChI is InChI=1S/C21H23FO2.CH2O/c22-20-14-18(24-15-16-8-4-3-5-9-16)12-13-19(20)21(23)17-10-6-1-2-7-11-17;1-2/h3-5,8-9,12-14,17H,1-2,6-7,10-11,15H2;1H2. The lowest BCUT2D eigenvalue weighted by atomic mass is 9.91. The highest BCUT2D eigenvalue weighted by Crippen LogP contribution is 2.28. The van der Waals surface area contributed by atoms with E-state index in [0.29, 0.717) is 12.4 Å². The third-order valence-corrected chi connectivity index (χ3v) is 4.68. The molecule has 26 heavy (non-hydrogen) atoms. The van der Waals surface area contributed by atoms with Gasteiger partial charge in [0.2, 0.25) is 0 Å². The molecule has 4 heteroatoms. The van der Waals surface area contributed by atoms with E-state index in [1.54, 1.807) is 12.1 Å². The molecule has 2 aromatic rings. The maximum absolute atomic E-state index is 14.4. The monoisotopic (exact) mass is 356 g/mol. The van der Waals surface area contributed by atoms with Crippen molar-refractivity contribution in [3.05, 3.63) is 65.5 Å². The highest BCUT2D eigenvalue weighted by molar-refractivity contribution is 5.98. The molecule has 0 bridgehead atoms. The second kappa shape index (κ2) is 10.5. The third-order valence-electron chi connectivity index (χ3n) is 4.68. The zero-order chi connectivity index (χ0) is 18.8. The van der Waals surface area contributed by atoms with Gasteiger partial charge in [0.25, 0.3) is 0 Å². The van der Waals surface area contributed by atoms with Gasteiger partial charge in [0.1, 0.15) is 25.0 Å². The van der Waals surface area contributed by atoms with Crippen LogP contribution >= 0.6 is 0 Å². The first-order valence-electron chi connectivity index (χ1n) is 9.03. The Hall–Kier alpha value is -2.49. The molecule has 138 valence electrons. The second-order valence-corrected chi connectivity index (χ2v) is 6.47. The first-order chi connectivity index (χ1) is 12.7. The van der Waals surface area contributed by atoms with Crippen LogP contribution in [0.25, 0.3) is 0 Å². The van der Waals surface area contributed by atoms with Crippen LogP contribution < -0.4 is 4.74 Å². The van der Waals surface area contributed by atoms with Gasteiger partial charge in [-0.2, -0.15) is 0 Å². The zero-order valence-electron chi connectivity index (χ0n) is 15.0. The number of benzene rings is 2. The minimum atomic E-state index is -0.477. The molecule has 0 unspecified atom stereocenters. The number of ether oxygens (including phenoxy) is 1. The van der Waals surface area contributed by atoms with Crippen molar-refractivity contribution in [1.29, 1.82) is 0 Å². The molecule has 1 fully saturated rings. The number of ketones is 1. The van der Waals surface area contributed by atoms with E-state index in [4.69, 9.17) is 9.53 Å². The van der Waals surface area contributed by atoms with Crippen LogP contribution in [0.4, 0.5) is 4.39 Å². The lowest BCUT2D eigenvalue weighted by Crippen LogP contribution is -2.15. The summed E-state index contributed by atoms with van der Waals surface area (Å²) in [5, 5.41) is 0. The molecule has 0 atom stereocenters. The molecule has 0 radical (unpaired) electrons. The lowest BCUT2D eigenvalue weighted by molar-refractivity contribution is -0.0980. The average molecular weight is 356 g/mol. The van der Waals surface area contributed by atoms with Crippen LogP contribution in [0, 0.1) is 11.7 Å². The maximum atomic E-state index is 14.4. The molecule has 1 saturated carbocycles. The van der Waals surface area contributed by atoms with E-state index in [-0.39, 0.29) is 17.3 Å². The van der Waals surface area contributed by atoms with Crippen molar-refractivity contribution >= 4 is 12.6 Å². The van der Waals surface area contributed by atoms with Gasteiger partial charge in [-0.3, -0.25) is 4.79 Å². The van der Waals surface area contributed by atoms with Gasteiger partial charge >= 0.3 is 0 Å². The molecule has 0 aliphatic heterocycles. The summed E-state index contributed by atoms with van der Waals surface area (Å²) < 4.78 is 20.0. The molecule has 3 nitrogen and oxygen atoms in total. The van der Waals surface area contributed by atoms with Crippen molar-refractivity contribution in [3.8, 4) is 5.75 Å². The Morgan fingerprint density at radius 2 is 1.65 bits per heavy atom. The quantitative estimate of drug-likeness (QED) is 0.534. The van der Waals surface area contributed by atoms with Crippen LogP contribution in [-0.4, -0.2) is 12.6 Å². The highest BCUT2D eigenvalue weighted by Gasteiger charge is 2.23. The number of hydrogen-bond acceptors (Lipinski definition) is 3. The molecule has 3 rings (SSSR count). The van der Waals surface area contributed by atoms with Crippen molar-refractivity contribution in [1.82, 2.24) is 0 Å². The molecule has 0 heterocycles. The van der Waals surface area contributed by atoms with Crippen molar-refractivity contribution in [2.75, 3.05) is 0 Å². The summed E-state index contributed by atoms with van der Waals surface area (Å²) in [6.45, 7) is 2.39. The van der Waals surface area contributed by atoms with E-state index >= 15 is 0 Å². The van der Waals surface area contributed by atoms with Gasteiger partial charge in [-0.05, 0) is 30.5 Å². The number of Topliss-reactive ketones (excluding diaryl/α,β-unsaturated/α-hetero) is 1. The summed E-state index contributed by atoms with van der Waals surface area (Å²) in [6.07, 6.45) is 6.25. The second-order valence-electron chi connectivity index (χ2n) is 6.47. The van der Waals surface area contributed by atoms with Crippen LogP contribution in [0.1, 0.15) is 54.4 Å². The van der Waals surface area contributed by atoms with E-state index in [9.17, 15) is 9.18 Å². The summed E-state index contributed by atoms with van der Waals surface area (Å²) in [5.74, 6) is -0.106. The maximum Gasteiger partial charge on any atom is 0.168 e. The topological polar surface area (TPSA) is 43.4 Å². The van der Waals surface area contributed by atoms with Gasteiger partial charge in [0.15, 0.2) is 5.78 Å². The van der Waals surface area contributed by atoms with Crippen molar-refractivity contribution in [3.63, 3.8) is 0 Å². The van der Waals surface area contributed by atoms with E-state index in [2.05, 4.69) is 0 Å². The Kier molecular flexibility index (Phi) is 8.00. The fourth-order valence-corrected chi connectivity index (χ4v) is 3.29. The van der Waals surface area contributed by atoms with Gasteiger partial charge in [-0.15, -0.1) is 0 Å². The Morgan fingerprint density at radius 1 is 1.00 bits per heavy atom. The molecule has 1 aliphatic rings. The Bertz CT molecular complexity index is 692. The molecular weight excluding hydrogens is 331 g/mol.